The summed E-state index contributed by atoms with van der Waals surface area (Å²) < 4.78 is 23.6. The number of aromatic nitrogens is 1. The maximum absolute atomic E-state index is 14.6. The molecule has 0 aliphatic heterocycles. The average Bonchev–Trinajstić information content (AvgIpc) is 3.28. The number of hydrogen-bond donors (Lipinski definition) is 2. The van der Waals surface area contributed by atoms with Crippen LogP contribution in [-0.2, 0) is 0 Å². The lowest BCUT2D eigenvalue weighted by Gasteiger charge is -2.30. The van der Waals surface area contributed by atoms with Crippen molar-refractivity contribution < 1.29 is 9.13 Å². The molecule has 3 N–H and O–H groups in total. The smallest absolute Gasteiger partial charge is 0.147 e. The third-order valence-electron chi connectivity index (χ3n) is 5.06. The zero-order chi connectivity index (χ0) is 21.8. The minimum absolute atomic E-state index is 0.0329. The quantitative estimate of drug-likeness (QED) is 0.348. The summed E-state index contributed by atoms with van der Waals surface area (Å²) in [4.78, 5) is 4.47. The van der Waals surface area contributed by atoms with Gasteiger partial charge in [0.2, 0.25) is 0 Å². The summed E-state index contributed by atoms with van der Waals surface area (Å²) in [5, 5.41) is 2.86. The number of nitrogens with one attached hydrogen (secondary N) is 1. The van der Waals surface area contributed by atoms with Gasteiger partial charge < -0.3 is 15.2 Å². The van der Waals surface area contributed by atoms with Crippen LogP contribution in [-0.4, -0.2) is 17.6 Å². The van der Waals surface area contributed by atoms with Gasteiger partial charge in [0.1, 0.15) is 17.4 Å². The van der Waals surface area contributed by atoms with E-state index < -0.39 is 5.82 Å². The molecular weight excluding hydrogens is 476 g/mol. The number of nitrogens with zero attached hydrogens (tertiary/aromatic N) is 1. The monoisotopic (exact) mass is 495 g/mol. The molecule has 162 valence electrons. The molecule has 1 heterocycles. The normalized spacial score (nSPS) is 18.5. The van der Waals surface area contributed by atoms with Crippen molar-refractivity contribution in [3.8, 4) is 5.75 Å². The van der Waals surface area contributed by atoms with Crippen LogP contribution >= 0.6 is 46.5 Å². The van der Waals surface area contributed by atoms with Crippen LogP contribution in [0.3, 0.4) is 0 Å². The fourth-order valence-corrected chi connectivity index (χ4v) is 5.08. The van der Waals surface area contributed by atoms with Crippen molar-refractivity contribution in [3.05, 3.63) is 74.8 Å². The minimum atomic E-state index is -0.423. The molecule has 0 radical (unpaired) electrons. The summed E-state index contributed by atoms with van der Waals surface area (Å²) in [6.45, 7) is 0.304. The molecule has 0 bridgehead atoms. The number of thiazole rings is 1. The molecule has 9 heteroatoms. The van der Waals surface area contributed by atoms with Crippen LogP contribution in [0.2, 0.25) is 10.0 Å². The van der Waals surface area contributed by atoms with Gasteiger partial charge in [-0.05, 0) is 54.1 Å². The highest BCUT2D eigenvalue weighted by atomic mass is 35.5. The van der Waals surface area contributed by atoms with Gasteiger partial charge in [-0.15, -0.1) is 11.3 Å². The second-order valence-corrected chi connectivity index (χ2v) is 9.53. The second-order valence-electron chi connectivity index (χ2n) is 7.12. The van der Waals surface area contributed by atoms with E-state index in [9.17, 15) is 4.39 Å². The van der Waals surface area contributed by atoms with E-state index in [1.54, 1.807) is 11.6 Å². The summed E-state index contributed by atoms with van der Waals surface area (Å²) in [6.07, 6.45) is 3.96. The summed E-state index contributed by atoms with van der Waals surface area (Å²) in [5.74, 6) is 0.507. The summed E-state index contributed by atoms with van der Waals surface area (Å²) in [5.41, 5.74) is 10.3. The molecule has 1 aliphatic rings. The van der Waals surface area contributed by atoms with E-state index in [0.29, 0.717) is 33.1 Å². The first-order valence-corrected chi connectivity index (χ1v) is 12.2. The first kappa shape index (κ1) is 22.4. The van der Waals surface area contributed by atoms with Crippen molar-refractivity contribution in [1.29, 1.82) is 0 Å². The van der Waals surface area contributed by atoms with Crippen LogP contribution < -0.4 is 15.2 Å². The Bertz CT molecular complexity index is 1060. The Balaban J connectivity index is 1.46. The lowest BCUT2D eigenvalue weighted by molar-refractivity contribution is 0.252. The average molecular weight is 496 g/mol. The summed E-state index contributed by atoms with van der Waals surface area (Å²) in [7, 11) is 0. The highest BCUT2D eigenvalue weighted by molar-refractivity contribution is 8.00. The van der Waals surface area contributed by atoms with E-state index in [0.717, 1.165) is 35.9 Å². The molecule has 0 saturated carbocycles. The molecule has 31 heavy (non-hydrogen) atoms. The lowest BCUT2D eigenvalue weighted by Crippen LogP contribution is -2.36. The largest absolute Gasteiger partial charge is 0.491 e. The molecule has 2 atom stereocenters. The fraction of sp³-hybridized carbons (Fsp3) is 0.227. The zero-order valence-corrected chi connectivity index (χ0v) is 19.5. The molecule has 2 unspecified atom stereocenters. The van der Waals surface area contributed by atoms with Gasteiger partial charge in [0, 0.05) is 28.4 Å². The van der Waals surface area contributed by atoms with Gasteiger partial charge in [-0.25, -0.2) is 9.37 Å². The predicted molar refractivity (Wildman–Crippen MR) is 129 cm³/mol. The zero-order valence-electron chi connectivity index (χ0n) is 16.4. The molecule has 1 aliphatic carbocycles. The molecule has 1 aromatic heterocycles. The van der Waals surface area contributed by atoms with E-state index in [1.165, 1.54) is 17.4 Å². The second kappa shape index (κ2) is 10.2. The van der Waals surface area contributed by atoms with Crippen LogP contribution in [0.5, 0.6) is 5.75 Å². The van der Waals surface area contributed by atoms with Gasteiger partial charge in [-0.1, -0.05) is 41.4 Å². The van der Waals surface area contributed by atoms with Gasteiger partial charge >= 0.3 is 0 Å². The minimum Gasteiger partial charge on any atom is -0.491 e. The van der Waals surface area contributed by atoms with Crippen molar-refractivity contribution >= 4 is 57.9 Å². The van der Waals surface area contributed by atoms with Crippen molar-refractivity contribution in [2.24, 2.45) is 11.7 Å². The molecule has 0 saturated heterocycles. The van der Waals surface area contributed by atoms with Crippen LogP contribution in [0.25, 0.3) is 5.57 Å². The maximum atomic E-state index is 14.6. The molecule has 0 spiro atoms. The van der Waals surface area contributed by atoms with Gasteiger partial charge in [0.05, 0.1) is 22.0 Å². The molecule has 4 nitrogen and oxygen atoms in total. The Labute approximate surface area is 198 Å². The topological polar surface area (TPSA) is 60.2 Å². The number of benzene rings is 2. The summed E-state index contributed by atoms with van der Waals surface area (Å²) >= 11 is 15.0. The third kappa shape index (κ3) is 5.54. The number of halogens is 3. The molecule has 3 aromatic rings. The van der Waals surface area contributed by atoms with Gasteiger partial charge in [0.15, 0.2) is 0 Å². The number of ether oxygens (including phenoxy) is 1. The van der Waals surface area contributed by atoms with E-state index in [-0.39, 0.29) is 12.0 Å². The standard InChI is InChI=1S/C22H20Cl2FN3OS2/c23-14-6-4-13(5-7-14)15-2-1-3-19(26)16(15)10-29-20-9-18(25)21(8-17(20)24)31-28-22-11-30-12-27-22/h2,4-9,11-12,16,19,28H,1,3,10,26H2. The Morgan fingerprint density at radius 1 is 1.26 bits per heavy atom. The molecule has 4 rings (SSSR count). The van der Waals surface area contributed by atoms with Crippen molar-refractivity contribution in [3.63, 3.8) is 0 Å². The third-order valence-corrected chi connectivity index (χ3v) is 7.04. The molecule has 0 fully saturated rings. The van der Waals surface area contributed by atoms with Crippen molar-refractivity contribution in [1.82, 2.24) is 4.98 Å². The number of rotatable bonds is 7. The predicted octanol–water partition coefficient (Wildman–Crippen LogP) is 6.91. The van der Waals surface area contributed by atoms with Crippen LogP contribution in [0.1, 0.15) is 18.4 Å². The lowest BCUT2D eigenvalue weighted by atomic mass is 9.81. The van der Waals surface area contributed by atoms with Gasteiger partial charge in [0.25, 0.3) is 0 Å². The highest BCUT2D eigenvalue weighted by Crippen LogP contribution is 2.36. The first-order valence-electron chi connectivity index (χ1n) is 9.65. The van der Waals surface area contributed by atoms with E-state index >= 15 is 0 Å². The molecular formula is C22H20Cl2FN3OS2. The SMILES string of the molecule is NC1CCC=C(c2ccc(Cl)cc2)C1COc1cc(F)c(SNc2cscn2)cc1Cl. The number of hydrogen-bond acceptors (Lipinski definition) is 6. The van der Waals surface area contributed by atoms with Gasteiger partial charge in [-0.2, -0.15) is 0 Å². The Hall–Kier alpha value is -1.77. The maximum Gasteiger partial charge on any atom is 0.147 e. The Morgan fingerprint density at radius 2 is 2.06 bits per heavy atom. The highest BCUT2D eigenvalue weighted by Gasteiger charge is 2.27. The Morgan fingerprint density at radius 3 is 2.81 bits per heavy atom. The Kier molecular flexibility index (Phi) is 7.40. The van der Waals surface area contributed by atoms with Crippen molar-refractivity contribution in [2.45, 2.75) is 23.8 Å². The number of nitrogens with two attached hydrogens (primary N) is 1. The van der Waals surface area contributed by atoms with E-state index in [4.69, 9.17) is 33.7 Å². The first-order chi connectivity index (χ1) is 15.0. The van der Waals surface area contributed by atoms with E-state index in [2.05, 4.69) is 15.8 Å². The summed E-state index contributed by atoms with van der Waals surface area (Å²) in [6, 6.07) is 10.5. The molecule has 0 amide bonds. The number of anilines is 1. The van der Waals surface area contributed by atoms with Crippen LogP contribution in [0.15, 0.2) is 58.3 Å². The number of allylic oxidation sites excluding steroid dienone is 1. The van der Waals surface area contributed by atoms with Crippen LogP contribution in [0.4, 0.5) is 10.2 Å². The molecule has 2 aromatic carbocycles. The van der Waals surface area contributed by atoms with Crippen LogP contribution in [0, 0.1) is 11.7 Å². The van der Waals surface area contributed by atoms with Crippen molar-refractivity contribution in [2.75, 3.05) is 11.3 Å². The van der Waals surface area contributed by atoms with Gasteiger partial charge in [-0.3, -0.25) is 0 Å². The van der Waals surface area contributed by atoms with E-state index in [1.807, 2.05) is 29.6 Å². The fourth-order valence-electron chi connectivity index (χ4n) is 3.45.